The molecule has 0 unspecified atom stereocenters. The van der Waals surface area contributed by atoms with Crippen molar-refractivity contribution in [1.29, 1.82) is 0 Å². The summed E-state index contributed by atoms with van der Waals surface area (Å²) in [5.74, 6) is -3.36. The lowest BCUT2D eigenvalue weighted by atomic mass is 9.96. The summed E-state index contributed by atoms with van der Waals surface area (Å²) in [6.07, 6.45) is 0.376. The number of nitrogens with two attached hydrogens (primary N) is 1. The van der Waals surface area contributed by atoms with Gasteiger partial charge in [0.15, 0.2) is 0 Å². The summed E-state index contributed by atoms with van der Waals surface area (Å²) in [5.41, 5.74) is 6.31. The minimum Gasteiger partial charge on any atom is -0.481 e. The molecule has 0 radical (unpaired) electrons. The molecule has 3 rings (SSSR count). The predicted molar refractivity (Wildman–Crippen MR) is 139 cm³/mol. The van der Waals surface area contributed by atoms with Gasteiger partial charge in [-0.1, -0.05) is 36.4 Å². The van der Waals surface area contributed by atoms with Gasteiger partial charge in [-0.05, 0) is 29.9 Å². The van der Waals surface area contributed by atoms with E-state index in [0.717, 1.165) is 28.7 Å². The van der Waals surface area contributed by atoms with Crippen molar-refractivity contribution in [2.45, 2.75) is 41.6 Å². The second-order valence-corrected chi connectivity index (χ2v) is 12.3. The van der Waals surface area contributed by atoms with Gasteiger partial charge in [0.25, 0.3) is 0 Å². The van der Waals surface area contributed by atoms with E-state index in [4.69, 9.17) is 10.8 Å². The van der Waals surface area contributed by atoms with E-state index in [0.29, 0.717) is 0 Å². The van der Waals surface area contributed by atoms with Crippen LogP contribution in [0.4, 0.5) is 0 Å². The van der Waals surface area contributed by atoms with E-state index < -0.39 is 51.8 Å². The van der Waals surface area contributed by atoms with Crippen molar-refractivity contribution in [3.63, 3.8) is 0 Å². The fourth-order valence-electron chi connectivity index (χ4n) is 3.96. The van der Waals surface area contributed by atoms with Crippen LogP contribution in [0.5, 0.6) is 0 Å². The highest BCUT2D eigenvalue weighted by Gasteiger charge is 2.38. The van der Waals surface area contributed by atoms with Crippen molar-refractivity contribution in [2.75, 3.05) is 18.1 Å². The summed E-state index contributed by atoms with van der Waals surface area (Å²) >= 11 is 1.96. The van der Waals surface area contributed by atoms with Gasteiger partial charge in [0, 0.05) is 19.0 Å². The molecule has 1 aliphatic heterocycles. The van der Waals surface area contributed by atoms with Crippen LogP contribution < -0.4 is 15.8 Å². The molecule has 0 saturated carbocycles. The Kier molecular flexibility index (Phi) is 10.1. The quantitative estimate of drug-likeness (QED) is 0.285. The molecule has 1 fully saturated rings. The van der Waals surface area contributed by atoms with Gasteiger partial charge in [0.2, 0.25) is 27.7 Å². The third kappa shape index (κ3) is 8.28. The Bertz CT molecular complexity index is 1210. The molecule has 0 bridgehead atoms. The third-order valence-corrected chi connectivity index (χ3v) is 9.52. The average Bonchev–Trinajstić information content (AvgIpc) is 3.40. The highest BCUT2D eigenvalue weighted by Crippen LogP contribution is 2.23. The number of carboxylic acid groups (broad SMARTS) is 1. The molecule has 3 amide bonds. The van der Waals surface area contributed by atoms with Crippen LogP contribution >= 0.6 is 23.1 Å². The zero-order valence-electron chi connectivity index (χ0n) is 19.7. The van der Waals surface area contributed by atoms with Gasteiger partial charge in [-0.3, -0.25) is 19.2 Å². The zero-order chi connectivity index (χ0) is 27.0. The Labute approximate surface area is 222 Å². The van der Waals surface area contributed by atoms with Gasteiger partial charge in [-0.15, -0.1) is 23.1 Å². The number of thiophene rings is 1. The van der Waals surface area contributed by atoms with E-state index >= 15 is 0 Å². The molecule has 1 aromatic heterocycles. The molecular weight excluding hydrogens is 540 g/mol. The molecule has 1 aliphatic rings. The number of primary amides is 1. The fourth-order valence-corrected chi connectivity index (χ4v) is 6.87. The first-order chi connectivity index (χ1) is 17.6. The third-order valence-electron chi connectivity index (χ3n) is 5.70. The number of aliphatic carboxylic acids is 1. The second kappa shape index (κ2) is 13.0. The smallest absolute Gasteiger partial charge is 0.313 e. The molecule has 1 aromatic carbocycles. The van der Waals surface area contributed by atoms with Gasteiger partial charge in [0.05, 0.1) is 11.5 Å². The monoisotopic (exact) mass is 568 g/mol. The van der Waals surface area contributed by atoms with E-state index in [-0.39, 0.29) is 41.5 Å². The highest BCUT2D eigenvalue weighted by molar-refractivity contribution is 8.00. The van der Waals surface area contributed by atoms with Crippen molar-refractivity contribution in [3.8, 4) is 0 Å². The van der Waals surface area contributed by atoms with Crippen molar-refractivity contribution in [3.05, 3.63) is 53.4 Å². The number of carboxylic acids is 1. The number of amides is 3. The predicted octanol–water partition coefficient (Wildman–Crippen LogP) is 0.417. The lowest BCUT2D eigenvalue weighted by Gasteiger charge is -2.39. The Hall–Kier alpha value is -2.94. The largest absolute Gasteiger partial charge is 0.481 e. The molecule has 0 aliphatic carbocycles. The molecule has 0 spiro atoms. The highest BCUT2D eigenvalue weighted by atomic mass is 32.2. The number of sulfonamides is 1. The summed E-state index contributed by atoms with van der Waals surface area (Å²) in [6.45, 7) is 0.0715. The van der Waals surface area contributed by atoms with Crippen LogP contribution in [0.2, 0.25) is 0 Å². The van der Waals surface area contributed by atoms with Gasteiger partial charge in [-0.25, -0.2) is 13.1 Å². The molecule has 3 atom stereocenters. The van der Waals surface area contributed by atoms with Crippen LogP contribution in [0.25, 0.3) is 0 Å². The number of nitrogens with zero attached hydrogens (tertiary/aromatic N) is 1. The van der Waals surface area contributed by atoms with E-state index in [9.17, 15) is 27.6 Å². The second-order valence-electron chi connectivity index (χ2n) is 8.42. The van der Waals surface area contributed by atoms with E-state index in [1.54, 1.807) is 35.7 Å². The molecule has 2 heterocycles. The average molecular weight is 569 g/mol. The summed E-state index contributed by atoms with van der Waals surface area (Å²) < 4.78 is 28.2. The van der Waals surface area contributed by atoms with Crippen molar-refractivity contribution in [1.82, 2.24) is 14.9 Å². The molecule has 2 aromatic rings. The van der Waals surface area contributed by atoms with Crippen LogP contribution in [0.3, 0.4) is 0 Å². The Morgan fingerprint density at radius 3 is 2.49 bits per heavy atom. The molecule has 1 saturated heterocycles. The molecule has 14 heteroatoms. The Morgan fingerprint density at radius 2 is 1.86 bits per heavy atom. The minimum atomic E-state index is -3.81. The fraction of sp³-hybridized carbons (Fsp3) is 0.391. The lowest BCUT2D eigenvalue weighted by Crippen LogP contribution is -2.60. The van der Waals surface area contributed by atoms with Crippen molar-refractivity contribution in [2.24, 2.45) is 5.73 Å². The number of carbonyl (C=O) groups excluding carboxylic acids is 3. The number of hydrogen-bond acceptors (Lipinski definition) is 8. The molecule has 5 N–H and O–H groups in total. The summed E-state index contributed by atoms with van der Waals surface area (Å²) in [6, 6.07) is 9.27. The minimum absolute atomic E-state index is 0.0252. The zero-order valence-corrected chi connectivity index (χ0v) is 22.2. The number of piperidine rings is 1. The number of nitrogens with one attached hydrogen (secondary N) is 2. The number of benzene rings is 1. The Balaban J connectivity index is 1.76. The Morgan fingerprint density at radius 1 is 1.14 bits per heavy atom. The van der Waals surface area contributed by atoms with Crippen LogP contribution in [0.1, 0.15) is 18.4 Å². The topological polar surface area (TPSA) is 176 Å². The number of carbonyl (C=O) groups is 4. The van der Waals surface area contributed by atoms with E-state index in [1.165, 1.54) is 11.0 Å². The van der Waals surface area contributed by atoms with Gasteiger partial charge in [-0.2, -0.15) is 0 Å². The maximum atomic E-state index is 13.4. The SMILES string of the molecule is NC(=O)[C@@H](Cc1ccccc1)NC(=O)[C@@H]1C[C@@H](NS(=O)(=O)c2cccs2)CCN1C(=O)CSCC(=O)O. The summed E-state index contributed by atoms with van der Waals surface area (Å²) in [5, 5.41) is 13.1. The number of thioether (sulfide) groups is 1. The maximum Gasteiger partial charge on any atom is 0.313 e. The first-order valence-corrected chi connectivity index (χ1v) is 14.9. The number of likely N-dealkylation sites (tertiary alicyclic amines) is 1. The first kappa shape index (κ1) is 28.6. The van der Waals surface area contributed by atoms with Gasteiger partial charge < -0.3 is 21.1 Å². The van der Waals surface area contributed by atoms with Gasteiger partial charge in [0.1, 0.15) is 16.3 Å². The molecule has 11 nitrogen and oxygen atoms in total. The summed E-state index contributed by atoms with van der Waals surface area (Å²) in [4.78, 5) is 50.5. The van der Waals surface area contributed by atoms with Crippen molar-refractivity contribution < 1.29 is 32.7 Å². The van der Waals surface area contributed by atoms with E-state index in [2.05, 4.69) is 10.0 Å². The van der Waals surface area contributed by atoms with Crippen LogP contribution in [0, 0.1) is 0 Å². The normalized spacial score (nSPS) is 18.6. The van der Waals surface area contributed by atoms with Crippen LogP contribution in [0.15, 0.2) is 52.1 Å². The van der Waals surface area contributed by atoms with Gasteiger partial charge >= 0.3 is 5.97 Å². The number of rotatable bonds is 12. The standard InChI is InChI=1S/C23H28N4O7S3/c24-22(31)17(11-15-5-2-1-3-6-15)25-23(32)18-12-16(26-37(33,34)21-7-4-10-36-21)8-9-27(18)19(28)13-35-14-20(29)30/h1-7,10,16-18,26H,8-9,11-14H2,(H2,24,31)(H,25,32)(H,29,30)/t16-,17+,18-/m0/s1. The number of hydrogen-bond donors (Lipinski definition) is 4. The summed E-state index contributed by atoms with van der Waals surface area (Å²) in [7, 11) is -3.81. The van der Waals surface area contributed by atoms with E-state index in [1.807, 2.05) is 6.07 Å². The lowest BCUT2D eigenvalue weighted by molar-refractivity contribution is -0.141. The molecular formula is C23H28N4O7S3. The van der Waals surface area contributed by atoms with Crippen LogP contribution in [-0.2, 0) is 35.6 Å². The molecule has 200 valence electrons. The van der Waals surface area contributed by atoms with Crippen LogP contribution in [-0.4, -0.2) is 78.3 Å². The first-order valence-electron chi connectivity index (χ1n) is 11.3. The molecule has 37 heavy (non-hydrogen) atoms. The maximum absolute atomic E-state index is 13.4. The van der Waals surface area contributed by atoms with Crippen molar-refractivity contribution >= 4 is 56.8 Å².